The van der Waals surface area contributed by atoms with Gasteiger partial charge < -0.3 is 28.7 Å². The van der Waals surface area contributed by atoms with Gasteiger partial charge in [-0.3, -0.25) is 47.8 Å². The van der Waals surface area contributed by atoms with E-state index in [0.29, 0.717) is 86.0 Å². The molecule has 116 heavy (non-hydrogen) atoms. The summed E-state index contributed by atoms with van der Waals surface area (Å²) >= 11 is 0. The van der Waals surface area contributed by atoms with E-state index >= 15 is 0 Å². The molecule has 0 spiro atoms. The predicted octanol–water partition coefficient (Wildman–Crippen LogP) is 14.4. The number of hydrogen-bond donors (Lipinski definition) is 2. The molecule has 2 saturated heterocycles. The van der Waals surface area contributed by atoms with Crippen LogP contribution < -0.4 is 18.9 Å². The van der Waals surface area contributed by atoms with Crippen molar-refractivity contribution >= 4 is 111 Å². The van der Waals surface area contributed by atoms with Gasteiger partial charge in [0.05, 0.1) is 82.2 Å². The average Bonchev–Trinajstić information content (AvgIpc) is 1.57. The number of rotatable bonds is 16. The Balaban J connectivity index is 0.000000202. The molecule has 4 amide bonds. The van der Waals surface area contributed by atoms with Crippen molar-refractivity contribution in [1.82, 2.24) is 29.2 Å². The van der Waals surface area contributed by atoms with Gasteiger partial charge in [-0.15, -0.1) is 0 Å². The molecule has 4 aliphatic carbocycles. The number of ketones is 2. The smallest absolute Gasteiger partial charge is 0.427 e. The van der Waals surface area contributed by atoms with Gasteiger partial charge in [-0.05, 0) is 175 Å². The van der Waals surface area contributed by atoms with Crippen molar-refractivity contribution in [1.29, 1.82) is 0 Å². The van der Waals surface area contributed by atoms with Crippen LogP contribution in [0.1, 0.15) is 171 Å². The highest BCUT2D eigenvalue weighted by atomic mass is 32.2. The SMILES string of the molecule is C[C@@H]1CC/C=C\[C@@H]2C[C@@]2(C(=O)NS(=O)(=O)C2CC2)CC(=O)C2C[C@@H](Oc3nc4ccccc4c4ccccc34)CN2C(=O)[C@@H](CC(=O)OC(C)(C)C(F)(F)F)[C@H](C)C1.C[C@H]1CC/C=C\[C@@H]2C[C@@]2(C(=O)NS(=O)(=O)C2CC2)CC(=O)C2C[C@@H](Oc3nc4ccccc4c4ccccc34)CN2C(=O)[C@@H](CC(=O)OC(C)(C)C(F)(F)F)[C@H](C)C1. The van der Waals surface area contributed by atoms with Crippen molar-refractivity contribution in [3.8, 4) is 11.8 Å². The lowest BCUT2D eigenvalue weighted by atomic mass is 9.82. The summed E-state index contributed by atoms with van der Waals surface area (Å²) in [7, 11) is -7.86. The number of ether oxygens (including phenoxy) is 4. The van der Waals surface area contributed by atoms with Crippen molar-refractivity contribution in [3.63, 3.8) is 0 Å². The second-order valence-electron chi connectivity index (χ2n) is 34.7. The first kappa shape index (κ1) is 84.8. The molecule has 2 aromatic heterocycles. The second-order valence-corrected chi connectivity index (χ2v) is 38.6. The number of pyridine rings is 2. The standard InChI is InChI=1S/2C43H50F3N3O8S/c2*1-25-11-5-6-12-27-22-42(27,40(53)48-58(54,55)29-17-18-29)23-36(50)35-20-28(56-38-32-15-8-7-13-30(32)31-14-9-10-16-34(31)47-38)24-49(35)39(52)33(26(2)19-25)21-37(51)57-41(3,4)43(44,45)46/h2*6-10,12-16,25-29,33,35H,5,11,17-24H2,1-4H3,(H,48,53)/b2*12-6-/t25-,26+,27+,28+,33-,35?,42+;25-,26-,27-,28-,33+,35?,42-/m01/s1. The van der Waals surface area contributed by atoms with Gasteiger partial charge in [-0.1, -0.05) is 125 Å². The minimum absolute atomic E-state index is 0.00492. The molecule has 4 aromatic carbocycles. The maximum absolute atomic E-state index is 14.9. The topological polar surface area (TPSA) is 298 Å². The highest BCUT2D eigenvalue weighted by Gasteiger charge is 2.64. The summed E-state index contributed by atoms with van der Waals surface area (Å²) in [6.45, 7) is 10.3. The quantitative estimate of drug-likeness (QED) is 0.0394. The molecule has 14 atom stereocenters. The van der Waals surface area contributed by atoms with E-state index in [2.05, 4.69) is 9.44 Å². The number of amides is 4. The first-order valence-corrected chi connectivity index (χ1v) is 43.3. The van der Waals surface area contributed by atoms with Crippen LogP contribution in [0.3, 0.4) is 0 Å². The number of nitrogens with one attached hydrogen (secondary N) is 2. The number of fused-ring (bicyclic) bond motifs is 10. The summed E-state index contributed by atoms with van der Waals surface area (Å²) in [6.07, 6.45) is -0.0333. The third-order valence-corrected chi connectivity index (χ3v) is 28.5. The third kappa shape index (κ3) is 18.3. The molecule has 30 heteroatoms. The van der Waals surface area contributed by atoms with E-state index in [9.17, 15) is 81.5 Å². The molecule has 22 nitrogen and oxygen atoms in total. The lowest BCUT2D eigenvalue weighted by molar-refractivity contribution is -0.257. The van der Waals surface area contributed by atoms with Gasteiger partial charge >= 0.3 is 24.3 Å². The minimum Gasteiger partial charge on any atom is -0.472 e. The Bertz CT molecular complexity index is 4830. The zero-order valence-electron chi connectivity index (χ0n) is 66.2. The molecule has 2 N–H and O–H groups in total. The molecule has 8 aliphatic rings. The van der Waals surface area contributed by atoms with Crippen molar-refractivity contribution in [3.05, 3.63) is 121 Å². The fraction of sp³-hybridized carbons (Fsp3) is 0.558. The molecule has 624 valence electrons. The number of hydrogen-bond acceptors (Lipinski definition) is 18. The normalized spacial score (nSPS) is 29.2. The summed E-state index contributed by atoms with van der Waals surface area (Å²) in [5.41, 5.74) is -6.99. The number of aromatic nitrogens is 2. The Kier molecular flexibility index (Phi) is 23.9. The van der Waals surface area contributed by atoms with Crippen LogP contribution in [-0.4, -0.2) is 155 Å². The number of Topliss-reactive ketones (excluding diaryl/α,β-unsaturated/α-hetero) is 2. The van der Waals surface area contributed by atoms with Crippen LogP contribution in [0, 0.1) is 58.2 Å². The van der Waals surface area contributed by atoms with Crippen molar-refractivity contribution in [2.45, 2.75) is 229 Å². The van der Waals surface area contributed by atoms with Crippen LogP contribution in [0.25, 0.3) is 43.4 Å². The number of para-hydroxylation sites is 2. The van der Waals surface area contributed by atoms with Gasteiger partial charge in [0.15, 0.2) is 11.6 Å². The number of sulfonamides is 2. The first-order chi connectivity index (χ1) is 54.6. The van der Waals surface area contributed by atoms with E-state index in [1.54, 1.807) is 13.8 Å². The summed E-state index contributed by atoms with van der Waals surface area (Å²) in [5, 5.41) is 3.67. The highest BCUT2D eigenvalue weighted by Crippen LogP contribution is 2.59. The molecule has 0 bridgehead atoms. The van der Waals surface area contributed by atoms with E-state index in [-0.39, 0.29) is 75.2 Å². The van der Waals surface area contributed by atoms with Crippen LogP contribution in [0.4, 0.5) is 26.3 Å². The number of carbonyl (C=O) groups excluding carboxylic acids is 8. The average molecular weight is 1650 g/mol. The van der Waals surface area contributed by atoms with Crippen molar-refractivity contribution < 1.29 is 100 Å². The first-order valence-electron chi connectivity index (χ1n) is 40.2. The van der Waals surface area contributed by atoms with Gasteiger partial charge in [-0.25, -0.2) is 26.8 Å². The summed E-state index contributed by atoms with van der Waals surface area (Å²) < 4.78 is 162. The largest absolute Gasteiger partial charge is 0.472 e. The number of carbonyl (C=O) groups is 8. The number of allylic oxidation sites excluding steroid dienone is 4. The van der Waals surface area contributed by atoms with Gasteiger partial charge in [0.2, 0.25) is 66.6 Å². The van der Waals surface area contributed by atoms with Crippen molar-refractivity contribution in [2.75, 3.05) is 13.1 Å². The van der Waals surface area contributed by atoms with Gasteiger partial charge in [0.1, 0.15) is 12.2 Å². The van der Waals surface area contributed by atoms with E-state index < -0.39 is 185 Å². The predicted molar refractivity (Wildman–Crippen MR) is 419 cm³/mol. The Morgan fingerprint density at radius 3 is 1.16 bits per heavy atom. The summed E-state index contributed by atoms with van der Waals surface area (Å²) in [5.74, 6) is -9.60. The number of esters is 2. The number of benzene rings is 4. The maximum Gasteiger partial charge on any atom is 0.427 e. The van der Waals surface area contributed by atoms with Gasteiger partial charge in [0, 0.05) is 47.2 Å². The lowest BCUT2D eigenvalue weighted by Crippen LogP contribution is -2.48. The van der Waals surface area contributed by atoms with Crippen LogP contribution in [-0.2, 0) is 67.9 Å². The second kappa shape index (κ2) is 32.7. The Hall–Kier alpha value is -9.06. The van der Waals surface area contributed by atoms with Crippen LogP contribution in [0.15, 0.2) is 121 Å². The fourth-order valence-corrected chi connectivity index (χ4v) is 20.1. The number of halogens is 6. The monoisotopic (exact) mass is 1650 g/mol. The molecule has 6 heterocycles. The molecular formula is C86H100F6N6O16S2. The molecule has 4 aliphatic heterocycles. The van der Waals surface area contributed by atoms with Crippen LogP contribution in [0.5, 0.6) is 11.8 Å². The van der Waals surface area contributed by atoms with Gasteiger partial charge in [0.25, 0.3) is 0 Å². The molecule has 2 unspecified atom stereocenters. The molecule has 6 fully saturated rings. The number of alkyl halides is 6. The Morgan fingerprint density at radius 2 is 0.819 bits per heavy atom. The van der Waals surface area contributed by atoms with E-state index in [1.165, 1.54) is 9.80 Å². The van der Waals surface area contributed by atoms with E-state index in [4.69, 9.17) is 28.9 Å². The van der Waals surface area contributed by atoms with Crippen LogP contribution >= 0.6 is 0 Å². The molecule has 4 saturated carbocycles. The molecule has 14 rings (SSSR count). The van der Waals surface area contributed by atoms with E-state index in [0.717, 1.165) is 49.2 Å². The lowest BCUT2D eigenvalue weighted by Gasteiger charge is -2.33. The van der Waals surface area contributed by atoms with Gasteiger partial charge in [-0.2, -0.15) is 26.3 Å². The zero-order valence-corrected chi connectivity index (χ0v) is 67.8. The molecule has 6 aromatic rings. The highest BCUT2D eigenvalue weighted by molar-refractivity contribution is 7.91. The zero-order chi connectivity index (χ0) is 83.6. The number of nitrogens with zero attached hydrogens (tertiary/aromatic N) is 4. The molecule has 0 radical (unpaired) electrons. The maximum atomic E-state index is 14.9. The van der Waals surface area contributed by atoms with Crippen LogP contribution in [0.2, 0.25) is 0 Å². The molecular weight excluding hydrogens is 1550 g/mol. The Morgan fingerprint density at radius 1 is 0.483 bits per heavy atom. The van der Waals surface area contributed by atoms with Crippen molar-refractivity contribution in [2.24, 2.45) is 58.2 Å². The van der Waals surface area contributed by atoms with E-state index in [1.807, 2.05) is 135 Å². The summed E-state index contributed by atoms with van der Waals surface area (Å²) in [4.78, 5) is 126. The minimum atomic E-state index is -4.86. The fourth-order valence-electron chi connectivity index (χ4n) is 17.3. The Labute approximate surface area is 670 Å². The third-order valence-electron chi connectivity index (χ3n) is 24.9. The summed E-state index contributed by atoms with van der Waals surface area (Å²) in [6, 6.07) is 27.9.